The molecule has 0 aromatic heterocycles. The van der Waals surface area contributed by atoms with Gasteiger partial charge >= 0.3 is 6.09 Å². The van der Waals surface area contributed by atoms with E-state index in [0.29, 0.717) is 19.6 Å². The molecule has 1 aliphatic rings. The molecule has 2 amide bonds. The highest BCUT2D eigenvalue weighted by Crippen LogP contribution is 2.16. The van der Waals surface area contributed by atoms with Crippen molar-refractivity contribution >= 4 is 23.6 Å². The molecule has 1 saturated heterocycles. The average Bonchev–Trinajstić information content (AvgIpc) is 2.71. The van der Waals surface area contributed by atoms with Gasteiger partial charge in [-0.25, -0.2) is 4.79 Å². The summed E-state index contributed by atoms with van der Waals surface area (Å²) < 4.78 is 5.14. The van der Waals surface area contributed by atoms with Gasteiger partial charge in [-0.3, -0.25) is 4.79 Å². The number of hydrogen-bond donors (Lipinski definition) is 1. The number of alkyl halides is 1. The van der Waals surface area contributed by atoms with Crippen molar-refractivity contribution in [1.29, 1.82) is 0 Å². The van der Waals surface area contributed by atoms with Crippen LogP contribution in [-0.4, -0.2) is 48.0 Å². The Morgan fingerprint density at radius 1 is 1.44 bits per heavy atom. The summed E-state index contributed by atoms with van der Waals surface area (Å²) in [7, 11) is 0. The topological polar surface area (TPSA) is 58.6 Å². The Morgan fingerprint density at radius 2 is 2.11 bits per heavy atom. The molecule has 0 bridgehead atoms. The molecular formula is C12H21ClN2O3. The highest BCUT2D eigenvalue weighted by atomic mass is 35.5. The molecule has 0 unspecified atom stereocenters. The van der Waals surface area contributed by atoms with Gasteiger partial charge in [0.1, 0.15) is 11.5 Å². The van der Waals surface area contributed by atoms with E-state index in [9.17, 15) is 9.59 Å². The molecule has 1 fully saturated rings. The molecule has 6 heteroatoms. The molecule has 0 aromatic rings. The normalized spacial score (nSPS) is 19.8. The van der Waals surface area contributed by atoms with Gasteiger partial charge in [-0.15, -0.1) is 11.6 Å². The van der Waals surface area contributed by atoms with Gasteiger partial charge in [-0.1, -0.05) is 0 Å². The van der Waals surface area contributed by atoms with Crippen LogP contribution in [0, 0.1) is 5.92 Å². The van der Waals surface area contributed by atoms with E-state index >= 15 is 0 Å². The van der Waals surface area contributed by atoms with Gasteiger partial charge in [0.15, 0.2) is 0 Å². The van der Waals surface area contributed by atoms with Crippen molar-refractivity contribution in [2.24, 2.45) is 5.92 Å². The first-order valence-corrected chi connectivity index (χ1v) is 6.66. The van der Waals surface area contributed by atoms with E-state index in [4.69, 9.17) is 16.3 Å². The number of carbonyl (C=O) groups excluding carboxylic acids is 2. The number of nitrogens with zero attached hydrogens (tertiary/aromatic N) is 1. The molecule has 1 atom stereocenters. The second-order valence-electron chi connectivity index (χ2n) is 5.51. The summed E-state index contributed by atoms with van der Waals surface area (Å²) in [6, 6.07) is 0. The molecule has 1 rings (SSSR count). The lowest BCUT2D eigenvalue weighted by atomic mass is 10.1. The summed E-state index contributed by atoms with van der Waals surface area (Å²) in [5.74, 6) is 0.257. The third kappa shape index (κ3) is 5.12. The SMILES string of the molecule is CC(C)(C)OC(=O)NC[C@@H]1CCN(C(=O)CCl)C1. The van der Waals surface area contributed by atoms with Gasteiger partial charge in [-0.05, 0) is 33.1 Å². The predicted molar refractivity (Wildman–Crippen MR) is 69.6 cm³/mol. The molecule has 5 nitrogen and oxygen atoms in total. The Labute approximate surface area is 113 Å². The largest absolute Gasteiger partial charge is 0.444 e. The molecule has 1 aliphatic heterocycles. The van der Waals surface area contributed by atoms with E-state index < -0.39 is 11.7 Å². The quantitative estimate of drug-likeness (QED) is 0.797. The van der Waals surface area contributed by atoms with Crippen LogP contribution in [-0.2, 0) is 9.53 Å². The summed E-state index contributed by atoms with van der Waals surface area (Å²) in [4.78, 5) is 24.5. The van der Waals surface area contributed by atoms with E-state index in [1.54, 1.807) is 4.90 Å². The number of amides is 2. The van der Waals surface area contributed by atoms with Crippen molar-refractivity contribution in [3.05, 3.63) is 0 Å². The average molecular weight is 277 g/mol. The number of likely N-dealkylation sites (tertiary alicyclic amines) is 1. The third-order valence-corrected chi connectivity index (χ3v) is 2.92. The molecule has 0 aromatic carbocycles. The van der Waals surface area contributed by atoms with Crippen LogP contribution in [0.4, 0.5) is 4.79 Å². The number of nitrogens with one attached hydrogen (secondary N) is 1. The fourth-order valence-corrected chi connectivity index (χ4v) is 2.02. The first-order valence-electron chi connectivity index (χ1n) is 6.12. The second-order valence-corrected chi connectivity index (χ2v) is 5.78. The Balaban J connectivity index is 2.26. The maximum atomic E-state index is 11.5. The Kier molecular flexibility index (Phi) is 5.26. The lowest BCUT2D eigenvalue weighted by Gasteiger charge is -2.20. The standard InChI is InChI=1S/C12H21ClN2O3/c1-12(2,3)18-11(17)14-7-9-4-5-15(8-9)10(16)6-13/h9H,4-8H2,1-3H3,(H,14,17)/t9-/m0/s1. The Hall–Kier alpha value is -0.970. The van der Waals surface area contributed by atoms with Crippen LogP contribution in [0.3, 0.4) is 0 Å². The summed E-state index contributed by atoms with van der Waals surface area (Å²) >= 11 is 5.50. The van der Waals surface area contributed by atoms with Crippen molar-refractivity contribution in [2.45, 2.75) is 32.8 Å². The van der Waals surface area contributed by atoms with Gasteiger partial charge in [0.05, 0.1) is 0 Å². The van der Waals surface area contributed by atoms with Crippen molar-refractivity contribution in [3.63, 3.8) is 0 Å². The van der Waals surface area contributed by atoms with Gasteiger partial charge < -0.3 is 15.0 Å². The minimum absolute atomic E-state index is 0.0201. The Morgan fingerprint density at radius 3 is 2.67 bits per heavy atom. The van der Waals surface area contributed by atoms with Crippen molar-refractivity contribution in [2.75, 3.05) is 25.5 Å². The molecule has 0 saturated carbocycles. The van der Waals surface area contributed by atoms with E-state index in [-0.39, 0.29) is 17.7 Å². The van der Waals surface area contributed by atoms with Crippen molar-refractivity contribution in [1.82, 2.24) is 10.2 Å². The molecule has 18 heavy (non-hydrogen) atoms. The first kappa shape index (κ1) is 15.1. The highest BCUT2D eigenvalue weighted by Gasteiger charge is 2.26. The maximum Gasteiger partial charge on any atom is 0.407 e. The fraction of sp³-hybridized carbons (Fsp3) is 0.833. The van der Waals surface area contributed by atoms with Crippen LogP contribution in [0.1, 0.15) is 27.2 Å². The van der Waals surface area contributed by atoms with Gasteiger partial charge in [0, 0.05) is 19.6 Å². The van der Waals surface area contributed by atoms with E-state index in [1.165, 1.54) is 0 Å². The highest BCUT2D eigenvalue weighted by molar-refractivity contribution is 6.27. The monoisotopic (exact) mass is 276 g/mol. The smallest absolute Gasteiger partial charge is 0.407 e. The van der Waals surface area contributed by atoms with Crippen molar-refractivity contribution < 1.29 is 14.3 Å². The summed E-state index contributed by atoms with van der Waals surface area (Å²) in [6.07, 6.45) is 0.475. The van der Waals surface area contributed by atoms with Crippen LogP contribution in [0.5, 0.6) is 0 Å². The van der Waals surface area contributed by atoms with Gasteiger partial charge in [-0.2, -0.15) is 0 Å². The molecule has 1 N–H and O–H groups in total. The minimum Gasteiger partial charge on any atom is -0.444 e. The van der Waals surface area contributed by atoms with Crippen LogP contribution >= 0.6 is 11.6 Å². The third-order valence-electron chi connectivity index (χ3n) is 2.69. The summed E-state index contributed by atoms with van der Waals surface area (Å²) in [5.41, 5.74) is -0.486. The lowest BCUT2D eigenvalue weighted by molar-refractivity contribution is -0.127. The summed E-state index contributed by atoms with van der Waals surface area (Å²) in [5, 5.41) is 2.73. The number of alkyl carbamates (subject to hydrolysis) is 1. The predicted octanol–water partition coefficient (Wildman–Crippen LogP) is 1.60. The van der Waals surface area contributed by atoms with Crippen molar-refractivity contribution in [3.8, 4) is 0 Å². The van der Waals surface area contributed by atoms with E-state index in [1.807, 2.05) is 20.8 Å². The first-order chi connectivity index (χ1) is 8.31. The zero-order valence-electron chi connectivity index (χ0n) is 11.2. The minimum atomic E-state index is -0.486. The fourth-order valence-electron chi connectivity index (χ4n) is 1.85. The van der Waals surface area contributed by atoms with Crippen LogP contribution < -0.4 is 5.32 Å². The maximum absolute atomic E-state index is 11.5. The molecule has 0 spiro atoms. The van der Waals surface area contributed by atoms with Crippen LogP contribution in [0.25, 0.3) is 0 Å². The number of hydrogen-bond acceptors (Lipinski definition) is 3. The second kappa shape index (κ2) is 6.27. The van der Waals surface area contributed by atoms with Gasteiger partial charge in [0.25, 0.3) is 0 Å². The molecule has 0 radical (unpaired) electrons. The van der Waals surface area contributed by atoms with Gasteiger partial charge in [0.2, 0.25) is 5.91 Å². The number of carbonyl (C=O) groups is 2. The molecule has 104 valence electrons. The number of halogens is 1. The summed E-state index contributed by atoms with van der Waals surface area (Å²) in [6.45, 7) is 7.36. The Bertz CT molecular complexity index is 315. The lowest BCUT2D eigenvalue weighted by Crippen LogP contribution is -2.36. The van der Waals surface area contributed by atoms with E-state index in [2.05, 4.69) is 5.32 Å². The molecule has 0 aliphatic carbocycles. The number of ether oxygens (including phenoxy) is 1. The van der Waals surface area contributed by atoms with Crippen LogP contribution in [0.2, 0.25) is 0 Å². The number of rotatable bonds is 3. The zero-order chi connectivity index (χ0) is 13.8. The molecule has 1 heterocycles. The van der Waals surface area contributed by atoms with E-state index in [0.717, 1.165) is 6.42 Å². The molecular weight excluding hydrogens is 256 g/mol. The van der Waals surface area contributed by atoms with Crippen LogP contribution in [0.15, 0.2) is 0 Å². The zero-order valence-corrected chi connectivity index (χ0v) is 11.9.